The van der Waals surface area contributed by atoms with Crippen LogP contribution in [0.15, 0.2) is 0 Å². The second-order valence-electron chi connectivity index (χ2n) is 4.76. The van der Waals surface area contributed by atoms with Gasteiger partial charge in [-0.05, 0) is 19.4 Å². The molecule has 15 heavy (non-hydrogen) atoms. The van der Waals surface area contributed by atoms with Crippen LogP contribution in [0, 0.1) is 0 Å². The molecule has 0 aliphatic carbocycles. The van der Waals surface area contributed by atoms with E-state index in [0.717, 1.165) is 37.6 Å². The number of nitrogens with zero attached hydrogens (tertiary/aromatic N) is 2. The maximum Gasteiger partial charge on any atom is 0.158 e. The fourth-order valence-corrected chi connectivity index (χ4v) is 2.16. The average molecular weight is 208 g/mol. The van der Waals surface area contributed by atoms with Crippen molar-refractivity contribution in [1.29, 1.82) is 0 Å². The Hall–Kier alpha value is -0.900. The molecular weight excluding hydrogens is 188 g/mol. The molecule has 0 aromatic carbocycles. The first-order valence-corrected chi connectivity index (χ1v) is 5.81. The summed E-state index contributed by atoms with van der Waals surface area (Å²) in [4.78, 5) is 4.63. The van der Waals surface area contributed by atoms with Crippen LogP contribution < -0.4 is 5.32 Å². The molecule has 0 amide bonds. The number of nitrogens with one attached hydrogen (secondary N) is 2. The molecule has 84 valence electrons. The summed E-state index contributed by atoms with van der Waals surface area (Å²) in [5.41, 5.74) is 0.170. The molecule has 4 heteroatoms. The topological polar surface area (TPSA) is 53.6 Å². The zero-order valence-corrected chi connectivity index (χ0v) is 9.80. The van der Waals surface area contributed by atoms with Gasteiger partial charge in [-0.15, -0.1) is 0 Å². The van der Waals surface area contributed by atoms with Crippen molar-refractivity contribution in [2.75, 3.05) is 13.1 Å². The number of H-pyrrole nitrogens is 1. The van der Waals surface area contributed by atoms with Crippen molar-refractivity contribution in [1.82, 2.24) is 20.5 Å². The SMILES string of the molecule is CCC1(c2n[nH]c(C(C)C)n2)CCNC1. The molecule has 1 aliphatic rings. The van der Waals surface area contributed by atoms with E-state index in [9.17, 15) is 0 Å². The lowest BCUT2D eigenvalue weighted by Crippen LogP contribution is -2.29. The van der Waals surface area contributed by atoms with Crippen molar-refractivity contribution in [3.05, 3.63) is 11.6 Å². The molecular formula is C11H20N4. The number of rotatable bonds is 3. The monoisotopic (exact) mass is 208 g/mol. The van der Waals surface area contributed by atoms with E-state index in [1.807, 2.05) is 0 Å². The minimum atomic E-state index is 0.170. The smallest absolute Gasteiger partial charge is 0.158 e. The first-order chi connectivity index (χ1) is 7.18. The maximum atomic E-state index is 4.63. The van der Waals surface area contributed by atoms with Crippen LogP contribution in [0.25, 0.3) is 0 Å². The minimum Gasteiger partial charge on any atom is -0.316 e. The highest BCUT2D eigenvalue weighted by Crippen LogP contribution is 2.31. The standard InChI is InChI=1S/C11H20N4/c1-4-11(5-6-12-7-11)10-13-9(8(2)3)14-15-10/h8,12H,4-7H2,1-3H3,(H,13,14,15). The highest BCUT2D eigenvalue weighted by Gasteiger charge is 2.37. The van der Waals surface area contributed by atoms with Gasteiger partial charge in [0.25, 0.3) is 0 Å². The largest absolute Gasteiger partial charge is 0.316 e. The van der Waals surface area contributed by atoms with Gasteiger partial charge in [-0.25, -0.2) is 4.98 Å². The molecule has 2 heterocycles. The molecule has 1 aromatic heterocycles. The third-order valence-electron chi connectivity index (χ3n) is 3.44. The van der Waals surface area contributed by atoms with Gasteiger partial charge in [0, 0.05) is 17.9 Å². The van der Waals surface area contributed by atoms with Crippen molar-refractivity contribution in [3.63, 3.8) is 0 Å². The Morgan fingerprint density at radius 2 is 2.27 bits per heavy atom. The van der Waals surface area contributed by atoms with Gasteiger partial charge >= 0.3 is 0 Å². The summed E-state index contributed by atoms with van der Waals surface area (Å²) in [5, 5.41) is 10.8. The Morgan fingerprint density at radius 3 is 2.73 bits per heavy atom. The van der Waals surface area contributed by atoms with Gasteiger partial charge in [-0.1, -0.05) is 20.8 Å². The molecule has 1 unspecified atom stereocenters. The number of aromatic nitrogens is 3. The maximum absolute atomic E-state index is 4.63. The summed E-state index contributed by atoms with van der Waals surface area (Å²) in [6, 6.07) is 0. The summed E-state index contributed by atoms with van der Waals surface area (Å²) in [6.07, 6.45) is 2.26. The van der Waals surface area contributed by atoms with Crippen LogP contribution in [0.2, 0.25) is 0 Å². The number of hydrogen-bond acceptors (Lipinski definition) is 3. The zero-order valence-electron chi connectivity index (χ0n) is 9.80. The highest BCUT2D eigenvalue weighted by atomic mass is 15.2. The fraction of sp³-hybridized carbons (Fsp3) is 0.818. The van der Waals surface area contributed by atoms with Crippen molar-refractivity contribution in [2.45, 2.75) is 44.9 Å². The van der Waals surface area contributed by atoms with Gasteiger partial charge in [0.2, 0.25) is 0 Å². The predicted molar refractivity (Wildman–Crippen MR) is 59.9 cm³/mol. The third-order valence-corrected chi connectivity index (χ3v) is 3.44. The molecule has 1 saturated heterocycles. The van der Waals surface area contributed by atoms with E-state index >= 15 is 0 Å². The van der Waals surface area contributed by atoms with E-state index in [2.05, 4.69) is 41.3 Å². The van der Waals surface area contributed by atoms with E-state index in [-0.39, 0.29) is 5.41 Å². The Morgan fingerprint density at radius 1 is 1.47 bits per heavy atom. The summed E-state index contributed by atoms with van der Waals surface area (Å²) in [7, 11) is 0. The number of aromatic amines is 1. The van der Waals surface area contributed by atoms with Crippen molar-refractivity contribution in [2.24, 2.45) is 0 Å². The van der Waals surface area contributed by atoms with Crippen molar-refractivity contribution in [3.8, 4) is 0 Å². The van der Waals surface area contributed by atoms with Crippen LogP contribution in [0.3, 0.4) is 0 Å². The van der Waals surface area contributed by atoms with E-state index in [1.54, 1.807) is 0 Å². The molecule has 0 bridgehead atoms. The average Bonchev–Trinajstić information content (AvgIpc) is 2.87. The van der Waals surface area contributed by atoms with E-state index < -0.39 is 0 Å². The highest BCUT2D eigenvalue weighted by molar-refractivity contribution is 5.12. The first-order valence-electron chi connectivity index (χ1n) is 5.81. The summed E-state index contributed by atoms with van der Waals surface area (Å²) in [6.45, 7) is 8.59. The lowest BCUT2D eigenvalue weighted by atomic mass is 9.83. The van der Waals surface area contributed by atoms with Crippen LogP contribution in [0.4, 0.5) is 0 Å². The van der Waals surface area contributed by atoms with Crippen LogP contribution in [-0.2, 0) is 5.41 Å². The van der Waals surface area contributed by atoms with Gasteiger partial charge < -0.3 is 5.32 Å². The summed E-state index contributed by atoms with van der Waals surface area (Å²) < 4.78 is 0. The molecule has 1 aromatic rings. The molecule has 1 atom stereocenters. The van der Waals surface area contributed by atoms with Gasteiger partial charge in [0.15, 0.2) is 5.82 Å². The van der Waals surface area contributed by atoms with Crippen LogP contribution in [0.1, 0.15) is 51.2 Å². The van der Waals surface area contributed by atoms with Crippen LogP contribution >= 0.6 is 0 Å². The lowest BCUT2D eigenvalue weighted by Gasteiger charge is -2.22. The Bertz CT molecular complexity index is 323. The minimum absolute atomic E-state index is 0.170. The predicted octanol–water partition coefficient (Wildman–Crippen LogP) is 1.57. The summed E-state index contributed by atoms with van der Waals surface area (Å²) in [5.74, 6) is 2.43. The molecule has 0 radical (unpaired) electrons. The van der Waals surface area contributed by atoms with Crippen molar-refractivity contribution < 1.29 is 0 Å². The normalized spacial score (nSPS) is 26.4. The Kier molecular flexibility index (Phi) is 2.78. The van der Waals surface area contributed by atoms with Gasteiger partial charge in [0.1, 0.15) is 5.82 Å². The van der Waals surface area contributed by atoms with Crippen LogP contribution in [0.5, 0.6) is 0 Å². The van der Waals surface area contributed by atoms with E-state index in [0.29, 0.717) is 5.92 Å². The third kappa shape index (κ3) is 1.78. The Balaban J connectivity index is 2.27. The van der Waals surface area contributed by atoms with Gasteiger partial charge in [0.05, 0.1) is 0 Å². The molecule has 1 fully saturated rings. The molecule has 4 nitrogen and oxygen atoms in total. The quantitative estimate of drug-likeness (QED) is 0.792. The zero-order chi connectivity index (χ0) is 10.9. The molecule has 2 rings (SSSR count). The van der Waals surface area contributed by atoms with E-state index in [4.69, 9.17) is 0 Å². The van der Waals surface area contributed by atoms with Crippen LogP contribution in [-0.4, -0.2) is 28.3 Å². The van der Waals surface area contributed by atoms with Gasteiger partial charge in [-0.2, -0.15) is 5.10 Å². The fourth-order valence-electron chi connectivity index (χ4n) is 2.16. The first kappa shape index (κ1) is 10.6. The molecule has 1 aliphatic heterocycles. The molecule has 0 saturated carbocycles. The number of hydrogen-bond donors (Lipinski definition) is 2. The molecule has 2 N–H and O–H groups in total. The van der Waals surface area contributed by atoms with E-state index in [1.165, 1.54) is 0 Å². The summed E-state index contributed by atoms with van der Waals surface area (Å²) >= 11 is 0. The Labute approximate surface area is 90.9 Å². The second-order valence-corrected chi connectivity index (χ2v) is 4.76. The molecule has 0 spiro atoms. The second kappa shape index (κ2) is 3.93. The lowest BCUT2D eigenvalue weighted by molar-refractivity contribution is 0.426. The van der Waals surface area contributed by atoms with Crippen molar-refractivity contribution >= 4 is 0 Å². The van der Waals surface area contributed by atoms with Gasteiger partial charge in [-0.3, -0.25) is 5.10 Å².